The molecular formula is C36H51NO4. The zero-order valence-corrected chi connectivity index (χ0v) is 26.9. The van der Waals surface area contributed by atoms with Gasteiger partial charge in [0.15, 0.2) is 0 Å². The van der Waals surface area contributed by atoms with Crippen LogP contribution < -0.4 is 0 Å². The van der Waals surface area contributed by atoms with Crippen molar-refractivity contribution < 1.29 is 19.1 Å². The number of benzene rings is 2. The Kier molecular flexibility index (Phi) is 10.3. The Balaban J connectivity index is 2.09. The first-order valence-corrected chi connectivity index (χ1v) is 15.0. The molecule has 1 aliphatic rings. The Hall–Kier alpha value is -2.92. The van der Waals surface area contributed by atoms with E-state index in [0.717, 1.165) is 30.4 Å². The van der Waals surface area contributed by atoms with Gasteiger partial charge in [-0.25, -0.2) is 9.59 Å². The lowest BCUT2D eigenvalue weighted by atomic mass is 9.64. The molecule has 3 rings (SSSR count). The lowest BCUT2D eigenvalue weighted by Gasteiger charge is -2.46. The van der Waals surface area contributed by atoms with Crippen molar-refractivity contribution in [1.29, 1.82) is 0 Å². The first kappa shape index (κ1) is 32.6. The number of allylic oxidation sites excluding steroid dienone is 1. The summed E-state index contributed by atoms with van der Waals surface area (Å²) < 4.78 is 12.3. The monoisotopic (exact) mass is 561 g/mol. The van der Waals surface area contributed by atoms with Crippen molar-refractivity contribution in [2.45, 2.75) is 104 Å². The second-order valence-corrected chi connectivity index (χ2v) is 13.6. The minimum atomic E-state index is -1.11. The average molecular weight is 562 g/mol. The highest BCUT2D eigenvalue weighted by molar-refractivity contribution is 5.91. The minimum absolute atomic E-state index is 0.164. The molecule has 0 aromatic heterocycles. The van der Waals surface area contributed by atoms with Crippen LogP contribution in [0.4, 0.5) is 0 Å². The van der Waals surface area contributed by atoms with Gasteiger partial charge in [0.25, 0.3) is 0 Å². The van der Waals surface area contributed by atoms with E-state index in [1.54, 1.807) is 6.07 Å². The molecule has 5 heteroatoms. The van der Waals surface area contributed by atoms with Crippen LogP contribution in [-0.2, 0) is 25.2 Å². The molecule has 224 valence electrons. The maximum atomic E-state index is 14.6. The fraction of sp³-hybridized carbons (Fsp3) is 0.556. The molecule has 2 aromatic rings. The van der Waals surface area contributed by atoms with Crippen molar-refractivity contribution >= 4 is 11.9 Å². The summed E-state index contributed by atoms with van der Waals surface area (Å²) in [7, 11) is 3.83. The van der Waals surface area contributed by atoms with Crippen molar-refractivity contribution in [2.24, 2.45) is 11.8 Å². The second kappa shape index (κ2) is 12.9. The molecule has 0 N–H and O–H groups in total. The quantitative estimate of drug-likeness (QED) is 0.229. The van der Waals surface area contributed by atoms with Gasteiger partial charge in [-0.1, -0.05) is 75.7 Å². The molecule has 0 bridgehead atoms. The third kappa shape index (κ3) is 7.30. The smallest absolute Gasteiger partial charge is 0.338 e. The summed E-state index contributed by atoms with van der Waals surface area (Å²) in [6.07, 6.45) is 7.11. The molecule has 0 spiro atoms. The molecule has 0 aliphatic heterocycles. The summed E-state index contributed by atoms with van der Waals surface area (Å²) in [4.78, 5) is 29.7. The van der Waals surface area contributed by atoms with E-state index in [0.29, 0.717) is 17.9 Å². The summed E-state index contributed by atoms with van der Waals surface area (Å²) in [6.45, 7) is 16.3. The molecular weight excluding hydrogens is 510 g/mol. The lowest BCUT2D eigenvalue weighted by Crippen LogP contribution is -2.52. The standard InChI is InChI=1S/C36H51NO4/c1-11-12-22-36(37(9)10,30-24-27(20-19-26(30)3)32(38)41-34(4,5)6)33(39)40-31-23-25(2)18-21-29(31)35(7,8)28-16-14-13-15-17-28/h11-17,19-20,24-25,29,31H,18,21-23H2,1-10H3/b12-11-/t25-,29-,31-,36-/m1/s1. The molecule has 0 unspecified atom stereocenters. The van der Waals surface area contributed by atoms with Gasteiger partial charge in [0, 0.05) is 5.92 Å². The van der Waals surface area contributed by atoms with Crippen LogP contribution in [0, 0.1) is 18.8 Å². The van der Waals surface area contributed by atoms with Crippen LogP contribution in [-0.4, -0.2) is 42.6 Å². The number of carbonyl (C=O) groups is 2. The van der Waals surface area contributed by atoms with Gasteiger partial charge in [-0.05, 0) is 108 Å². The van der Waals surface area contributed by atoms with Crippen LogP contribution in [0.25, 0.3) is 0 Å². The Bertz CT molecular complexity index is 1220. The van der Waals surface area contributed by atoms with Crippen LogP contribution in [0.3, 0.4) is 0 Å². The van der Waals surface area contributed by atoms with Gasteiger partial charge in [0.05, 0.1) is 5.56 Å². The number of aryl methyl sites for hydroxylation is 1. The summed E-state index contributed by atoms with van der Waals surface area (Å²) in [5, 5.41) is 0. The molecule has 0 heterocycles. The summed E-state index contributed by atoms with van der Waals surface area (Å²) in [5.41, 5.74) is 1.47. The molecule has 1 saturated carbocycles. The molecule has 4 atom stereocenters. The predicted molar refractivity (Wildman–Crippen MR) is 167 cm³/mol. The summed E-state index contributed by atoms with van der Waals surface area (Å²) in [6, 6.07) is 16.1. The number of likely N-dealkylation sites (N-methyl/N-ethyl adjacent to an activating group) is 1. The molecule has 0 saturated heterocycles. The van der Waals surface area contributed by atoms with Gasteiger partial charge in [0.2, 0.25) is 0 Å². The van der Waals surface area contributed by atoms with Crippen molar-refractivity contribution in [2.75, 3.05) is 14.1 Å². The van der Waals surface area contributed by atoms with E-state index in [1.807, 2.05) is 84.0 Å². The molecule has 0 amide bonds. The van der Waals surface area contributed by atoms with E-state index in [4.69, 9.17) is 9.47 Å². The fourth-order valence-corrected chi connectivity index (χ4v) is 6.33. The van der Waals surface area contributed by atoms with E-state index in [1.165, 1.54) is 5.56 Å². The predicted octanol–water partition coefficient (Wildman–Crippen LogP) is 8.00. The molecule has 1 aliphatic carbocycles. The highest BCUT2D eigenvalue weighted by atomic mass is 16.6. The van der Waals surface area contributed by atoms with Crippen LogP contribution in [0.15, 0.2) is 60.7 Å². The highest BCUT2D eigenvalue weighted by Crippen LogP contribution is 2.45. The minimum Gasteiger partial charge on any atom is -0.460 e. The number of carbonyl (C=O) groups excluding carboxylic acids is 2. The third-order valence-corrected chi connectivity index (χ3v) is 8.82. The Morgan fingerprint density at radius 2 is 1.66 bits per heavy atom. The van der Waals surface area contributed by atoms with Crippen LogP contribution in [0.1, 0.15) is 101 Å². The number of rotatable bonds is 9. The molecule has 41 heavy (non-hydrogen) atoms. The van der Waals surface area contributed by atoms with Crippen molar-refractivity contribution in [3.63, 3.8) is 0 Å². The Labute approximate surface area is 248 Å². The zero-order valence-electron chi connectivity index (χ0n) is 26.9. The summed E-state index contributed by atoms with van der Waals surface area (Å²) in [5.74, 6) is -0.0347. The molecule has 5 nitrogen and oxygen atoms in total. The normalized spacial score (nSPS) is 21.5. The van der Waals surface area contributed by atoms with E-state index in [9.17, 15) is 9.59 Å². The van der Waals surface area contributed by atoms with Crippen LogP contribution in [0.5, 0.6) is 0 Å². The fourth-order valence-electron chi connectivity index (χ4n) is 6.33. The van der Waals surface area contributed by atoms with Gasteiger partial charge in [-0.15, -0.1) is 0 Å². The number of esters is 2. The van der Waals surface area contributed by atoms with Crippen molar-refractivity contribution in [3.05, 3.63) is 82.9 Å². The van der Waals surface area contributed by atoms with Crippen LogP contribution in [0.2, 0.25) is 0 Å². The Morgan fingerprint density at radius 1 is 1.00 bits per heavy atom. The lowest BCUT2D eigenvalue weighted by molar-refractivity contribution is -0.171. The van der Waals surface area contributed by atoms with Gasteiger partial charge in [-0.2, -0.15) is 0 Å². The van der Waals surface area contributed by atoms with Gasteiger partial charge in [-0.3, -0.25) is 4.90 Å². The van der Waals surface area contributed by atoms with Crippen molar-refractivity contribution in [1.82, 2.24) is 4.90 Å². The van der Waals surface area contributed by atoms with Gasteiger partial charge in [0.1, 0.15) is 17.2 Å². The summed E-state index contributed by atoms with van der Waals surface area (Å²) >= 11 is 0. The van der Waals surface area contributed by atoms with E-state index in [-0.39, 0.29) is 23.4 Å². The van der Waals surface area contributed by atoms with Crippen molar-refractivity contribution in [3.8, 4) is 0 Å². The molecule has 2 aromatic carbocycles. The largest absolute Gasteiger partial charge is 0.460 e. The first-order chi connectivity index (χ1) is 19.1. The Morgan fingerprint density at radius 3 is 2.24 bits per heavy atom. The van der Waals surface area contributed by atoms with E-state index >= 15 is 0 Å². The third-order valence-electron chi connectivity index (χ3n) is 8.82. The topological polar surface area (TPSA) is 55.8 Å². The first-order valence-electron chi connectivity index (χ1n) is 15.0. The highest BCUT2D eigenvalue weighted by Gasteiger charge is 2.48. The van der Waals surface area contributed by atoms with Crippen LogP contribution >= 0.6 is 0 Å². The molecule has 1 fully saturated rings. The maximum absolute atomic E-state index is 14.6. The maximum Gasteiger partial charge on any atom is 0.338 e. The van der Waals surface area contributed by atoms with E-state index in [2.05, 4.69) is 45.0 Å². The number of hydrogen-bond acceptors (Lipinski definition) is 5. The SMILES string of the molecule is C/C=C\C[C@](C(=O)O[C@@H]1C[C@H](C)CC[C@H]1C(C)(C)c1ccccc1)(c1cc(C(=O)OC(C)(C)C)ccc1C)N(C)C. The molecule has 0 radical (unpaired) electrons. The number of hydrogen-bond donors (Lipinski definition) is 0. The second-order valence-electron chi connectivity index (χ2n) is 13.6. The van der Waals surface area contributed by atoms with Gasteiger partial charge >= 0.3 is 11.9 Å². The van der Waals surface area contributed by atoms with Gasteiger partial charge < -0.3 is 9.47 Å². The average Bonchev–Trinajstić information content (AvgIpc) is 2.89. The zero-order chi connectivity index (χ0) is 30.6. The number of nitrogens with zero attached hydrogens (tertiary/aromatic N) is 1. The number of ether oxygens (including phenoxy) is 2. The van der Waals surface area contributed by atoms with E-state index < -0.39 is 17.1 Å².